The van der Waals surface area contributed by atoms with Gasteiger partial charge in [0.25, 0.3) is 0 Å². The maximum atomic E-state index is 11.0. The van der Waals surface area contributed by atoms with Gasteiger partial charge in [0, 0.05) is 0 Å². The lowest BCUT2D eigenvalue weighted by molar-refractivity contribution is 0.0691. The van der Waals surface area contributed by atoms with Crippen LogP contribution >= 0.6 is 24.2 Å². The molecule has 0 aromatic heterocycles. The van der Waals surface area contributed by atoms with E-state index in [1.54, 1.807) is 12.1 Å². The summed E-state index contributed by atoms with van der Waals surface area (Å²) in [7, 11) is 0. The van der Waals surface area contributed by atoms with E-state index < -0.39 is 5.97 Å². The van der Waals surface area contributed by atoms with Crippen LogP contribution in [0.5, 0.6) is 11.5 Å². The maximum Gasteiger partial charge on any atom is 0.336 e. The Bertz CT molecular complexity index is 408. The minimum Gasteiger partial charge on any atom is -0.486 e. The Labute approximate surface area is 103 Å². The van der Waals surface area contributed by atoms with Crippen molar-refractivity contribution in [1.29, 1.82) is 0 Å². The molecule has 1 aliphatic rings. The Hall–Kier alpha value is -1.07. The van der Waals surface area contributed by atoms with Crippen LogP contribution in [-0.4, -0.2) is 30.5 Å². The number of thioether (sulfide) groups is 1. The van der Waals surface area contributed by atoms with Crippen molar-refractivity contribution in [3.63, 3.8) is 0 Å². The fourth-order valence-corrected chi connectivity index (χ4v) is 2.18. The van der Waals surface area contributed by atoms with Crippen LogP contribution in [0.4, 0.5) is 0 Å². The first-order valence-corrected chi connectivity index (χ1v) is 5.66. The van der Waals surface area contributed by atoms with Crippen molar-refractivity contribution in [1.82, 2.24) is 0 Å². The van der Waals surface area contributed by atoms with E-state index in [1.807, 2.05) is 6.26 Å². The van der Waals surface area contributed by atoms with Crippen molar-refractivity contribution in [3.8, 4) is 11.5 Å². The summed E-state index contributed by atoms with van der Waals surface area (Å²) in [6.45, 7) is 0.969. The van der Waals surface area contributed by atoms with Crippen LogP contribution in [0.25, 0.3) is 0 Å². The highest BCUT2D eigenvalue weighted by Crippen LogP contribution is 2.40. The average Bonchev–Trinajstić information content (AvgIpc) is 2.27. The molecular weight excluding hydrogens is 252 g/mol. The van der Waals surface area contributed by atoms with E-state index in [2.05, 4.69) is 0 Å². The summed E-state index contributed by atoms with van der Waals surface area (Å²) in [5.41, 5.74) is 0.256. The number of rotatable bonds is 2. The topological polar surface area (TPSA) is 55.8 Å². The van der Waals surface area contributed by atoms with E-state index >= 15 is 0 Å². The van der Waals surface area contributed by atoms with E-state index in [-0.39, 0.29) is 18.0 Å². The van der Waals surface area contributed by atoms with E-state index in [1.165, 1.54) is 11.8 Å². The van der Waals surface area contributed by atoms with Crippen molar-refractivity contribution in [2.45, 2.75) is 4.90 Å². The first kappa shape index (κ1) is 13.0. The monoisotopic (exact) mass is 262 g/mol. The van der Waals surface area contributed by atoms with E-state index in [0.717, 1.165) is 0 Å². The average molecular weight is 263 g/mol. The molecule has 0 atom stereocenters. The zero-order valence-corrected chi connectivity index (χ0v) is 10.2. The Balaban J connectivity index is 0.00000128. The third-order valence-electron chi connectivity index (χ3n) is 2.10. The number of fused-ring (bicyclic) bond motifs is 1. The molecule has 0 amide bonds. The van der Waals surface area contributed by atoms with Crippen molar-refractivity contribution in [3.05, 3.63) is 17.7 Å². The van der Waals surface area contributed by atoms with E-state index in [0.29, 0.717) is 29.6 Å². The summed E-state index contributed by atoms with van der Waals surface area (Å²) in [5, 5.41) is 8.99. The number of benzene rings is 1. The predicted molar refractivity (Wildman–Crippen MR) is 63.4 cm³/mol. The van der Waals surface area contributed by atoms with Gasteiger partial charge in [0.15, 0.2) is 11.5 Å². The Kier molecular flexibility index (Phi) is 4.32. The molecule has 0 aliphatic carbocycles. The number of halogens is 1. The van der Waals surface area contributed by atoms with Gasteiger partial charge < -0.3 is 14.6 Å². The van der Waals surface area contributed by atoms with Gasteiger partial charge in [0.05, 0.1) is 10.5 Å². The Morgan fingerprint density at radius 3 is 2.69 bits per heavy atom. The fourth-order valence-electron chi connectivity index (χ4n) is 1.46. The number of carboxylic acid groups (broad SMARTS) is 1. The number of hydrogen-bond acceptors (Lipinski definition) is 4. The second-order valence-electron chi connectivity index (χ2n) is 2.98. The highest BCUT2D eigenvalue weighted by Gasteiger charge is 2.21. The number of carboxylic acids is 1. The standard InChI is InChI=1S/C10H10O4S.ClH/c1-15-9-6(10(11)12)2-3-7-8(9)14-5-4-13-7;/h2-3H,4-5H2,1H3,(H,11,12);1H. The number of hydrogen-bond donors (Lipinski definition) is 1. The summed E-state index contributed by atoms with van der Waals surface area (Å²) < 4.78 is 10.8. The van der Waals surface area contributed by atoms with Gasteiger partial charge in [0.2, 0.25) is 0 Å². The molecule has 2 rings (SSSR count). The van der Waals surface area contributed by atoms with Crippen LogP contribution in [0.3, 0.4) is 0 Å². The van der Waals surface area contributed by atoms with Crippen LogP contribution < -0.4 is 9.47 Å². The molecule has 0 saturated carbocycles. The lowest BCUT2D eigenvalue weighted by atomic mass is 10.2. The third kappa shape index (κ3) is 2.20. The number of carbonyl (C=O) groups is 1. The second kappa shape index (κ2) is 5.32. The molecular formula is C10H11ClO4S. The van der Waals surface area contributed by atoms with Crippen molar-refractivity contribution in [2.75, 3.05) is 19.5 Å². The molecule has 0 radical (unpaired) electrons. The SMILES string of the molecule is CSc1c(C(=O)O)ccc2c1OCCO2.Cl. The molecule has 4 nitrogen and oxygen atoms in total. The van der Waals surface area contributed by atoms with Crippen LogP contribution in [0.2, 0.25) is 0 Å². The minimum absolute atomic E-state index is 0. The van der Waals surface area contributed by atoms with Gasteiger partial charge in [-0.1, -0.05) is 0 Å². The zero-order valence-electron chi connectivity index (χ0n) is 8.56. The van der Waals surface area contributed by atoms with Gasteiger partial charge in [-0.3, -0.25) is 0 Å². The van der Waals surface area contributed by atoms with Gasteiger partial charge in [-0.2, -0.15) is 0 Å². The number of ether oxygens (including phenoxy) is 2. The molecule has 0 unspecified atom stereocenters. The molecule has 0 spiro atoms. The fraction of sp³-hybridized carbons (Fsp3) is 0.300. The summed E-state index contributed by atoms with van der Waals surface area (Å²) in [6, 6.07) is 3.18. The molecule has 0 fully saturated rings. The van der Waals surface area contributed by atoms with Gasteiger partial charge in [0.1, 0.15) is 13.2 Å². The first-order chi connectivity index (χ1) is 7.24. The summed E-state index contributed by atoms with van der Waals surface area (Å²) in [4.78, 5) is 11.6. The van der Waals surface area contributed by atoms with Gasteiger partial charge >= 0.3 is 5.97 Å². The maximum absolute atomic E-state index is 11.0. The molecule has 0 bridgehead atoms. The highest BCUT2D eigenvalue weighted by molar-refractivity contribution is 7.98. The van der Waals surface area contributed by atoms with Crippen LogP contribution in [0.1, 0.15) is 10.4 Å². The van der Waals surface area contributed by atoms with Gasteiger partial charge in [-0.05, 0) is 18.4 Å². The molecule has 0 saturated heterocycles. The van der Waals surface area contributed by atoms with Crippen LogP contribution in [0, 0.1) is 0 Å². The molecule has 16 heavy (non-hydrogen) atoms. The molecule has 1 aromatic rings. The Morgan fingerprint density at radius 2 is 2.06 bits per heavy atom. The first-order valence-electron chi connectivity index (χ1n) is 4.44. The van der Waals surface area contributed by atoms with E-state index in [4.69, 9.17) is 14.6 Å². The quantitative estimate of drug-likeness (QED) is 0.829. The second-order valence-corrected chi connectivity index (χ2v) is 3.79. The van der Waals surface area contributed by atoms with Crippen molar-refractivity contribution in [2.24, 2.45) is 0 Å². The highest BCUT2D eigenvalue weighted by atomic mass is 35.5. The minimum atomic E-state index is -0.948. The summed E-state index contributed by atoms with van der Waals surface area (Å²) >= 11 is 1.35. The lowest BCUT2D eigenvalue weighted by Gasteiger charge is -2.21. The van der Waals surface area contributed by atoms with Gasteiger partial charge in [-0.15, -0.1) is 24.2 Å². The molecule has 88 valence electrons. The smallest absolute Gasteiger partial charge is 0.336 e. The third-order valence-corrected chi connectivity index (χ3v) is 2.91. The molecule has 1 heterocycles. The van der Waals surface area contributed by atoms with Crippen molar-refractivity contribution >= 4 is 30.1 Å². The molecule has 1 aromatic carbocycles. The Morgan fingerprint density at radius 1 is 1.38 bits per heavy atom. The molecule has 6 heteroatoms. The zero-order chi connectivity index (χ0) is 10.8. The number of aromatic carboxylic acids is 1. The van der Waals surface area contributed by atoms with Gasteiger partial charge in [-0.25, -0.2) is 4.79 Å². The van der Waals surface area contributed by atoms with Crippen molar-refractivity contribution < 1.29 is 19.4 Å². The summed E-state index contributed by atoms with van der Waals surface area (Å²) in [5.74, 6) is 0.223. The predicted octanol–water partition coefficient (Wildman–Crippen LogP) is 2.30. The molecule has 1 N–H and O–H groups in total. The lowest BCUT2D eigenvalue weighted by Crippen LogP contribution is -2.17. The largest absolute Gasteiger partial charge is 0.486 e. The van der Waals surface area contributed by atoms with Crippen LogP contribution in [-0.2, 0) is 0 Å². The van der Waals surface area contributed by atoms with E-state index in [9.17, 15) is 4.79 Å². The summed E-state index contributed by atoms with van der Waals surface area (Å²) in [6.07, 6.45) is 1.82. The van der Waals surface area contributed by atoms with Crippen LogP contribution in [0.15, 0.2) is 17.0 Å². The normalized spacial score (nSPS) is 12.8. The molecule has 1 aliphatic heterocycles.